The van der Waals surface area contributed by atoms with Crippen LogP contribution in [0.2, 0.25) is 0 Å². The number of aliphatic hydroxyl groups is 1. The van der Waals surface area contributed by atoms with Crippen LogP contribution in [0.25, 0.3) is 0 Å². The number of nitrogens with one attached hydrogen (secondary N) is 1. The van der Waals surface area contributed by atoms with Gasteiger partial charge in [-0.05, 0) is 29.5 Å². The SMILES string of the molecule is COc1ccc(CNCC(C)(C)CCO)cc1F. The third-order valence-electron chi connectivity index (χ3n) is 2.94. The predicted molar refractivity (Wildman–Crippen MR) is 70.1 cm³/mol. The molecule has 0 aliphatic rings. The lowest BCUT2D eigenvalue weighted by atomic mass is 9.90. The zero-order chi connectivity index (χ0) is 13.6. The topological polar surface area (TPSA) is 41.5 Å². The van der Waals surface area contributed by atoms with E-state index in [2.05, 4.69) is 19.2 Å². The first kappa shape index (κ1) is 14.9. The van der Waals surface area contributed by atoms with E-state index >= 15 is 0 Å². The van der Waals surface area contributed by atoms with Crippen molar-refractivity contribution < 1.29 is 14.2 Å². The van der Waals surface area contributed by atoms with Crippen LogP contribution >= 0.6 is 0 Å². The standard InChI is InChI=1S/C14H22FNO2/c1-14(2,6-7-17)10-16-9-11-4-5-13(18-3)12(15)8-11/h4-5,8,16-17H,6-7,9-10H2,1-3H3. The highest BCUT2D eigenvalue weighted by Gasteiger charge is 2.16. The van der Waals surface area contributed by atoms with Crippen molar-refractivity contribution in [3.63, 3.8) is 0 Å². The fourth-order valence-corrected chi connectivity index (χ4v) is 1.76. The Kier molecular flexibility index (Phi) is 5.56. The second kappa shape index (κ2) is 6.71. The first-order valence-electron chi connectivity index (χ1n) is 6.12. The van der Waals surface area contributed by atoms with Gasteiger partial charge in [-0.1, -0.05) is 19.9 Å². The van der Waals surface area contributed by atoms with E-state index in [-0.39, 0.29) is 23.6 Å². The van der Waals surface area contributed by atoms with Crippen LogP contribution in [-0.2, 0) is 6.54 Å². The molecule has 4 heteroatoms. The minimum atomic E-state index is -0.341. The number of methoxy groups -OCH3 is 1. The quantitative estimate of drug-likeness (QED) is 0.785. The molecule has 0 heterocycles. The molecule has 0 atom stereocenters. The van der Waals surface area contributed by atoms with Crippen molar-refractivity contribution in [2.24, 2.45) is 5.41 Å². The number of halogens is 1. The minimum absolute atomic E-state index is 0.0414. The molecule has 0 spiro atoms. The van der Waals surface area contributed by atoms with Crippen LogP contribution in [0, 0.1) is 11.2 Å². The molecule has 0 aliphatic heterocycles. The van der Waals surface area contributed by atoms with E-state index in [1.54, 1.807) is 6.07 Å². The van der Waals surface area contributed by atoms with Gasteiger partial charge in [0, 0.05) is 19.7 Å². The highest BCUT2D eigenvalue weighted by Crippen LogP contribution is 2.19. The Labute approximate surface area is 108 Å². The van der Waals surface area contributed by atoms with Gasteiger partial charge in [-0.3, -0.25) is 0 Å². The number of hydrogen-bond acceptors (Lipinski definition) is 3. The Morgan fingerprint density at radius 1 is 1.39 bits per heavy atom. The highest BCUT2D eigenvalue weighted by atomic mass is 19.1. The lowest BCUT2D eigenvalue weighted by molar-refractivity contribution is 0.207. The van der Waals surface area contributed by atoms with Gasteiger partial charge in [0.05, 0.1) is 7.11 Å². The average molecular weight is 255 g/mol. The summed E-state index contributed by atoms with van der Waals surface area (Å²) in [6.07, 6.45) is 0.747. The van der Waals surface area contributed by atoms with E-state index in [1.165, 1.54) is 13.2 Å². The largest absolute Gasteiger partial charge is 0.494 e. The second-order valence-electron chi connectivity index (χ2n) is 5.21. The molecule has 0 aliphatic carbocycles. The molecule has 0 saturated heterocycles. The van der Waals surface area contributed by atoms with Crippen LogP contribution in [0.15, 0.2) is 18.2 Å². The van der Waals surface area contributed by atoms with Crippen molar-refractivity contribution in [2.45, 2.75) is 26.8 Å². The molecule has 0 unspecified atom stereocenters. The van der Waals surface area contributed by atoms with Crippen LogP contribution in [0.1, 0.15) is 25.8 Å². The van der Waals surface area contributed by atoms with Crippen LogP contribution in [0.5, 0.6) is 5.75 Å². The molecule has 1 aromatic rings. The van der Waals surface area contributed by atoms with Crippen molar-refractivity contribution >= 4 is 0 Å². The summed E-state index contributed by atoms with van der Waals surface area (Å²) in [7, 11) is 1.45. The van der Waals surface area contributed by atoms with E-state index in [4.69, 9.17) is 9.84 Å². The molecule has 18 heavy (non-hydrogen) atoms. The Hall–Kier alpha value is -1.13. The second-order valence-corrected chi connectivity index (χ2v) is 5.21. The van der Waals surface area contributed by atoms with Gasteiger partial charge in [0.1, 0.15) is 0 Å². The summed E-state index contributed by atoms with van der Waals surface area (Å²) in [6, 6.07) is 4.95. The zero-order valence-corrected chi connectivity index (χ0v) is 11.3. The van der Waals surface area contributed by atoms with E-state index in [0.29, 0.717) is 6.54 Å². The molecule has 102 valence electrons. The molecule has 0 radical (unpaired) electrons. The van der Waals surface area contributed by atoms with Gasteiger partial charge in [-0.25, -0.2) is 4.39 Å². The number of rotatable bonds is 7. The molecular weight excluding hydrogens is 233 g/mol. The van der Waals surface area contributed by atoms with Crippen LogP contribution < -0.4 is 10.1 Å². The number of ether oxygens (including phenoxy) is 1. The van der Waals surface area contributed by atoms with Gasteiger partial charge < -0.3 is 15.2 Å². The Morgan fingerprint density at radius 3 is 2.67 bits per heavy atom. The third-order valence-corrected chi connectivity index (χ3v) is 2.94. The molecule has 0 aromatic heterocycles. The summed E-state index contributed by atoms with van der Waals surface area (Å²) in [5.74, 6) is -0.0780. The molecular formula is C14H22FNO2. The lowest BCUT2D eigenvalue weighted by Gasteiger charge is -2.24. The van der Waals surface area contributed by atoms with E-state index in [1.807, 2.05) is 6.07 Å². The number of benzene rings is 1. The molecule has 0 saturated carbocycles. The lowest BCUT2D eigenvalue weighted by Crippen LogP contribution is -2.29. The van der Waals surface area contributed by atoms with Crippen molar-refractivity contribution in [1.82, 2.24) is 5.32 Å². The maximum Gasteiger partial charge on any atom is 0.165 e. The maximum atomic E-state index is 13.4. The van der Waals surface area contributed by atoms with E-state index < -0.39 is 0 Å². The first-order chi connectivity index (χ1) is 8.48. The summed E-state index contributed by atoms with van der Waals surface area (Å²) in [5.41, 5.74) is 0.924. The molecule has 0 amide bonds. The number of hydrogen-bond donors (Lipinski definition) is 2. The van der Waals surface area contributed by atoms with Crippen molar-refractivity contribution in [3.05, 3.63) is 29.6 Å². The normalized spacial score (nSPS) is 11.6. The van der Waals surface area contributed by atoms with Gasteiger partial charge >= 0.3 is 0 Å². The van der Waals surface area contributed by atoms with Gasteiger partial charge in [-0.2, -0.15) is 0 Å². The first-order valence-corrected chi connectivity index (χ1v) is 6.12. The Balaban J connectivity index is 2.47. The fraction of sp³-hybridized carbons (Fsp3) is 0.571. The molecule has 1 aromatic carbocycles. The highest BCUT2D eigenvalue weighted by molar-refractivity contribution is 5.29. The average Bonchev–Trinajstić information content (AvgIpc) is 2.29. The summed E-state index contributed by atoms with van der Waals surface area (Å²) in [6.45, 7) is 5.75. The Bertz CT molecular complexity index is 380. The van der Waals surface area contributed by atoms with Gasteiger partial charge in [-0.15, -0.1) is 0 Å². The van der Waals surface area contributed by atoms with Gasteiger partial charge in [0.15, 0.2) is 11.6 Å². The van der Waals surface area contributed by atoms with Crippen molar-refractivity contribution in [1.29, 1.82) is 0 Å². The summed E-state index contributed by atoms with van der Waals surface area (Å²) in [5, 5.41) is 12.2. The summed E-state index contributed by atoms with van der Waals surface area (Å²) in [4.78, 5) is 0. The predicted octanol–water partition coefficient (Wildman–Crippen LogP) is 2.33. The smallest absolute Gasteiger partial charge is 0.165 e. The van der Waals surface area contributed by atoms with Crippen LogP contribution in [0.4, 0.5) is 4.39 Å². The molecule has 0 bridgehead atoms. The van der Waals surface area contributed by atoms with Crippen molar-refractivity contribution in [3.8, 4) is 5.75 Å². The summed E-state index contributed by atoms with van der Waals surface area (Å²) >= 11 is 0. The van der Waals surface area contributed by atoms with E-state index in [0.717, 1.165) is 18.5 Å². The number of aliphatic hydroxyl groups excluding tert-OH is 1. The van der Waals surface area contributed by atoms with Gasteiger partial charge in [0.2, 0.25) is 0 Å². The fourth-order valence-electron chi connectivity index (χ4n) is 1.76. The van der Waals surface area contributed by atoms with Gasteiger partial charge in [0.25, 0.3) is 0 Å². The molecule has 0 fully saturated rings. The molecule has 2 N–H and O–H groups in total. The Morgan fingerprint density at radius 2 is 2.11 bits per heavy atom. The summed E-state index contributed by atoms with van der Waals surface area (Å²) < 4.78 is 18.3. The van der Waals surface area contributed by atoms with E-state index in [9.17, 15) is 4.39 Å². The zero-order valence-electron chi connectivity index (χ0n) is 11.3. The van der Waals surface area contributed by atoms with Crippen LogP contribution in [-0.4, -0.2) is 25.4 Å². The maximum absolute atomic E-state index is 13.4. The third kappa shape index (κ3) is 4.63. The minimum Gasteiger partial charge on any atom is -0.494 e. The monoisotopic (exact) mass is 255 g/mol. The van der Waals surface area contributed by atoms with Crippen molar-refractivity contribution in [2.75, 3.05) is 20.3 Å². The molecule has 1 rings (SSSR count). The van der Waals surface area contributed by atoms with Crippen LogP contribution in [0.3, 0.4) is 0 Å². The molecule has 3 nitrogen and oxygen atoms in total.